The van der Waals surface area contributed by atoms with Gasteiger partial charge in [-0.2, -0.15) is 4.57 Å². The van der Waals surface area contributed by atoms with Crippen LogP contribution in [0.4, 0.5) is 0 Å². The van der Waals surface area contributed by atoms with Crippen LogP contribution in [0.1, 0.15) is 19.9 Å². The molecule has 23 heavy (non-hydrogen) atoms. The molecule has 0 N–H and O–H groups in total. The number of nitrogens with zero attached hydrogens (tertiary/aromatic N) is 2. The second-order valence-corrected chi connectivity index (χ2v) is 6.18. The van der Waals surface area contributed by atoms with E-state index >= 15 is 0 Å². The van der Waals surface area contributed by atoms with Crippen LogP contribution in [0.25, 0.3) is 33.1 Å². The Morgan fingerprint density at radius 3 is 2.39 bits per heavy atom. The van der Waals surface area contributed by atoms with Crippen molar-refractivity contribution in [2.45, 2.75) is 19.9 Å². The molecule has 2 nitrogen and oxygen atoms in total. The van der Waals surface area contributed by atoms with E-state index in [9.17, 15) is 0 Å². The Kier molecular flexibility index (Phi) is 3.30. The lowest BCUT2D eigenvalue weighted by atomic mass is 10.1. The molecule has 0 fully saturated rings. The van der Waals surface area contributed by atoms with E-state index in [0.29, 0.717) is 6.04 Å². The Morgan fingerprint density at radius 2 is 1.57 bits per heavy atom. The second kappa shape index (κ2) is 5.47. The highest BCUT2D eigenvalue weighted by molar-refractivity contribution is 5.84. The lowest BCUT2D eigenvalue weighted by Gasteiger charge is -2.08. The van der Waals surface area contributed by atoms with Gasteiger partial charge in [-0.1, -0.05) is 36.4 Å². The topological polar surface area (TPSA) is 16.8 Å². The SMILES string of the molecule is CC(C)[n+]1cc(-c2ccc3ccccc3n2)cc2ccccc21. The molecule has 0 saturated heterocycles. The van der Waals surface area contributed by atoms with Crippen molar-refractivity contribution in [2.75, 3.05) is 0 Å². The maximum atomic E-state index is 4.84. The zero-order valence-corrected chi connectivity index (χ0v) is 13.4. The summed E-state index contributed by atoms with van der Waals surface area (Å²) in [5, 5.41) is 2.42. The predicted molar refractivity (Wildman–Crippen MR) is 95.3 cm³/mol. The molecule has 0 saturated carbocycles. The summed E-state index contributed by atoms with van der Waals surface area (Å²) in [4.78, 5) is 4.84. The zero-order chi connectivity index (χ0) is 15.8. The van der Waals surface area contributed by atoms with Crippen molar-refractivity contribution >= 4 is 21.8 Å². The molecule has 0 amide bonds. The molecule has 0 radical (unpaired) electrons. The molecule has 0 aliphatic rings. The minimum atomic E-state index is 0.403. The highest BCUT2D eigenvalue weighted by Crippen LogP contribution is 2.23. The maximum absolute atomic E-state index is 4.84. The molecule has 0 spiro atoms. The van der Waals surface area contributed by atoms with Crippen molar-refractivity contribution in [2.24, 2.45) is 0 Å². The Balaban J connectivity index is 1.96. The van der Waals surface area contributed by atoms with Crippen LogP contribution in [0.2, 0.25) is 0 Å². The van der Waals surface area contributed by atoms with Gasteiger partial charge < -0.3 is 0 Å². The fourth-order valence-electron chi connectivity index (χ4n) is 3.06. The standard InChI is InChI=1S/C21H19N2/c1-15(2)23-14-18(13-17-8-4-6-10-21(17)23)20-12-11-16-7-3-5-9-19(16)22-20/h3-15H,1-2H3/q+1. The molecular formula is C21H19N2+. The van der Waals surface area contributed by atoms with Crippen LogP contribution in [-0.2, 0) is 0 Å². The molecule has 0 atom stereocenters. The molecule has 4 rings (SSSR count). The predicted octanol–water partition coefficient (Wildman–Crippen LogP) is 4.92. The Hall–Kier alpha value is -2.74. The summed E-state index contributed by atoms with van der Waals surface area (Å²) in [5.41, 5.74) is 4.47. The van der Waals surface area contributed by atoms with Crippen molar-refractivity contribution in [3.63, 3.8) is 0 Å². The van der Waals surface area contributed by atoms with Gasteiger partial charge in [0, 0.05) is 16.8 Å². The highest BCUT2D eigenvalue weighted by atomic mass is 15.0. The normalized spacial score (nSPS) is 11.4. The van der Waals surface area contributed by atoms with Crippen LogP contribution in [0.3, 0.4) is 0 Å². The minimum Gasteiger partial charge on any atom is -0.248 e. The lowest BCUT2D eigenvalue weighted by Crippen LogP contribution is -2.36. The van der Waals surface area contributed by atoms with Crippen LogP contribution in [0, 0.1) is 0 Å². The number of rotatable bonds is 2. The van der Waals surface area contributed by atoms with Gasteiger partial charge in [0.1, 0.15) is 0 Å². The molecule has 0 bridgehead atoms. The fourth-order valence-corrected chi connectivity index (χ4v) is 3.06. The summed E-state index contributed by atoms with van der Waals surface area (Å²) >= 11 is 0. The van der Waals surface area contributed by atoms with Gasteiger partial charge in [-0.05, 0) is 38.1 Å². The highest BCUT2D eigenvalue weighted by Gasteiger charge is 2.15. The van der Waals surface area contributed by atoms with Gasteiger partial charge in [-0.15, -0.1) is 0 Å². The van der Waals surface area contributed by atoms with Crippen LogP contribution >= 0.6 is 0 Å². The fraction of sp³-hybridized carbons (Fsp3) is 0.143. The quantitative estimate of drug-likeness (QED) is 0.480. The van der Waals surface area contributed by atoms with Crippen LogP contribution in [0.5, 0.6) is 0 Å². The first-order valence-corrected chi connectivity index (χ1v) is 8.02. The van der Waals surface area contributed by atoms with Crippen LogP contribution in [0.15, 0.2) is 72.9 Å². The number of aromatic nitrogens is 2. The van der Waals surface area contributed by atoms with E-state index in [4.69, 9.17) is 4.98 Å². The number of hydrogen-bond donors (Lipinski definition) is 0. The molecule has 0 aliphatic heterocycles. The molecular weight excluding hydrogens is 280 g/mol. The third-order valence-corrected chi connectivity index (χ3v) is 4.25. The number of para-hydroxylation sites is 2. The molecule has 2 heterocycles. The minimum absolute atomic E-state index is 0.403. The summed E-state index contributed by atoms with van der Waals surface area (Å²) in [6, 6.07) is 23.7. The van der Waals surface area contributed by atoms with Gasteiger partial charge in [-0.3, -0.25) is 0 Å². The van der Waals surface area contributed by atoms with Gasteiger partial charge in [0.25, 0.3) is 0 Å². The van der Waals surface area contributed by atoms with E-state index in [0.717, 1.165) is 16.8 Å². The number of pyridine rings is 2. The summed E-state index contributed by atoms with van der Waals surface area (Å²) in [6.45, 7) is 4.42. The van der Waals surface area contributed by atoms with Crippen molar-refractivity contribution < 1.29 is 4.57 Å². The summed E-state index contributed by atoms with van der Waals surface area (Å²) in [6.07, 6.45) is 2.21. The molecule has 2 aromatic carbocycles. The largest absolute Gasteiger partial charge is 0.248 e. The van der Waals surface area contributed by atoms with Crippen molar-refractivity contribution in [1.29, 1.82) is 0 Å². The summed E-state index contributed by atoms with van der Waals surface area (Å²) in [5.74, 6) is 0. The van der Waals surface area contributed by atoms with Gasteiger partial charge in [-0.25, -0.2) is 4.98 Å². The average Bonchev–Trinajstić information content (AvgIpc) is 2.60. The summed E-state index contributed by atoms with van der Waals surface area (Å²) in [7, 11) is 0. The smallest absolute Gasteiger partial charge is 0.212 e. The second-order valence-electron chi connectivity index (χ2n) is 6.18. The van der Waals surface area contributed by atoms with Crippen LogP contribution < -0.4 is 4.57 Å². The van der Waals surface area contributed by atoms with E-state index in [1.807, 2.05) is 12.1 Å². The van der Waals surface area contributed by atoms with Gasteiger partial charge in [0.2, 0.25) is 5.52 Å². The molecule has 0 unspecified atom stereocenters. The van der Waals surface area contributed by atoms with E-state index in [1.165, 1.54) is 16.3 Å². The third kappa shape index (κ3) is 2.46. The van der Waals surface area contributed by atoms with Gasteiger partial charge in [0.15, 0.2) is 12.2 Å². The Bertz CT molecular complexity index is 1000. The molecule has 2 heteroatoms. The number of hydrogen-bond acceptors (Lipinski definition) is 1. The maximum Gasteiger partial charge on any atom is 0.212 e. The first-order valence-electron chi connectivity index (χ1n) is 8.02. The summed E-state index contributed by atoms with van der Waals surface area (Å²) < 4.78 is 2.32. The van der Waals surface area contributed by atoms with Crippen molar-refractivity contribution in [3.05, 3.63) is 72.9 Å². The van der Waals surface area contributed by atoms with Crippen molar-refractivity contribution in [1.82, 2.24) is 4.98 Å². The first-order chi connectivity index (χ1) is 11.2. The molecule has 112 valence electrons. The first kappa shape index (κ1) is 13.9. The van der Waals surface area contributed by atoms with E-state index in [2.05, 4.69) is 79.2 Å². The Labute approximate surface area is 136 Å². The monoisotopic (exact) mass is 299 g/mol. The molecule has 0 aliphatic carbocycles. The number of benzene rings is 2. The number of fused-ring (bicyclic) bond motifs is 2. The molecule has 4 aromatic rings. The van der Waals surface area contributed by atoms with E-state index in [-0.39, 0.29) is 0 Å². The van der Waals surface area contributed by atoms with Gasteiger partial charge >= 0.3 is 0 Å². The van der Waals surface area contributed by atoms with Crippen LogP contribution in [-0.4, -0.2) is 4.98 Å². The zero-order valence-electron chi connectivity index (χ0n) is 13.4. The van der Waals surface area contributed by atoms with Crippen molar-refractivity contribution in [3.8, 4) is 11.3 Å². The average molecular weight is 299 g/mol. The Morgan fingerprint density at radius 1 is 0.826 bits per heavy atom. The van der Waals surface area contributed by atoms with Gasteiger partial charge in [0.05, 0.1) is 16.8 Å². The van der Waals surface area contributed by atoms with E-state index < -0.39 is 0 Å². The van der Waals surface area contributed by atoms with E-state index in [1.54, 1.807) is 0 Å². The third-order valence-electron chi connectivity index (χ3n) is 4.25. The molecule has 2 aromatic heterocycles. The lowest BCUT2D eigenvalue weighted by molar-refractivity contribution is -0.690.